The van der Waals surface area contributed by atoms with Crippen LogP contribution in [0.3, 0.4) is 0 Å². The van der Waals surface area contributed by atoms with Crippen LogP contribution in [-0.2, 0) is 0 Å². The van der Waals surface area contributed by atoms with Crippen molar-refractivity contribution in [2.24, 2.45) is 0 Å². The highest BCUT2D eigenvalue weighted by molar-refractivity contribution is 6.30. The molecule has 6 heteroatoms. The fourth-order valence-corrected chi connectivity index (χ4v) is 2.06. The average Bonchev–Trinajstić information content (AvgIpc) is 2.48. The summed E-state index contributed by atoms with van der Waals surface area (Å²) in [5.74, 6) is 0. The van der Waals surface area contributed by atoms with Crippen molar-refractivity contribution in [2.75, 3.05) is 5.32 Å². The molecule has 0 unspecified atom stereocenters. The zero-order valence-corrected chi connectivity index (χ0v) is 12.0. The van der Waals surface area contributed by atoms with Gasteiger partial charge < -0.3 is 5.32 Å². The molecule has 0 aliphatic heterocycles. The molecule has 1 atom stereocenters. The maximum absolute atomic E-state index is 10.7. The second-order valence-electron chi connectivity index (χ2n) is 4.52. The number of halogens is 1. The maximum Gasteiger partial charge on any atom is 0.270 e. The van der Waals surface area contributed by atoms with Crippen molar-refractivity contribution in [3.05, 3.63) is 68.7 Å². The van der Waals surface area contributed by atoms with Crippen LogP contribution in [0.1, 0.15) is 24.1 Å². The number of non-ortho nitro benzene ring substituents is 1. The van der Waals surface area contributed by atoms with E-state index in [0.717, 1.165) is 5.56 Å². The molecular formula is C15H12ClN3O2. The third-order valence-electron chi connectivity index (χ3n) is 3.08. The number of nitriles is 1. The largest absolute Gasteiger partial charge is 0.377 e. The normalized spacial score (nSPS) is 11.5. The number of nitrogens with zero attached hydrogens (tertiary/aromatic N) is 2. The molecule has 0 aliphatic rings. The Labute approximate surface area is 126 Å². The van der Waals surface area contributed by atoms with Crippen LogP contribution in [0.25, 0.3) is 0 Å². The lowest BCUT2D eigenvalue weighted by Gasteiger charge is -2.16. The molecule has 2 aromatic rings. The molecule has 1 N–H and O–H groups in total. The van der Waals surface area contributed by atoms with Gasteiger partial charge in [0, 0.05) is 23.2 Å². The molecule has 0 aliphatic carbocycles. The minimum absolute atomic E-state index is 0.0594. The van der Waals surface area contributed by atoms with Crippen molar-refractivity contribution in [3.63, 3.8) is 0 Å². The van der Waals surface area contributed by atoms with Crippen LogP contribution in [-0.4, -0.2) is 4.92 Å². The van der Waals surface area contributed by atoms with Crippen LogP contribution < -0.4 is 5.32 Å². The van der Waals surface area contributed by atoms with Gasteiger partial charge in [-0.15, -0.1) is 0 Å². The van der Waals surface area contributed by atoms with E-state index in [1.165, 1.54) is 12.1 Å². The van der Waals surface area contributed by atoms with E-state index >= 15 is 0 Å². The lowest BCUT2D eigenvalue weighted by molar-refractivity contribution is -0.384. The third kappa shape index (κ3) is 3.50. The summed E-state index contributed by atoms with van der Waals surface area (Å²) in [4.78, 5) is 10.2. The fraction of sp³-hybridized carbons (Fsp3) is 0.133. The van der Waals surface area contributed by atoms with Gasteiger partial charge in [-0.25, -0.2) is 0 Å². The summed E-state index contributed by atoms with van der Waals surface area (Å²) >= 11 is 5.84. The van der Waals surface area contributed by atoms with Gasteiger partial charge in [-0.05, 0) is 30.7 Å². The Bertz CT molecular complexity index is 708. The quantitative estimate of drug-likeness (QED) is 0.674. The van der Waals surface area contributed by atoms with Crippen LogP contribution in [0.15, 0.2) is 42.5 Å². The van der Waals surface area contributed by atoms with Crippen LogP contribution >= 0.6 is 11.6 Å². The number of nitrogens with one attached hydrogen (secondary N) is 1. The van der Waals surface area contributed by atoms with E-state index in [2.05, 4.69) is 5.32 Å². The summed E-state index contributed by atoms with van der Waals surface area (Å²) in [5.41, 5.74) is 1.70. The smallest absolute Gasteiger partial charge is 0.270 e. The minimum atomic E-state index is -0.521. The maximum atomic E-state index is 10.7. The monoisotopic (exact) mass is 301 g/mol. The number of rotatable bonds is 4. The fourth-order valence-electron chi connectivity index (χ4n) is 1.93. The molecule has 5 nitrogen and oxygen atoms in total. The van der Waals surface area contributed by atoms with Crippen LogP contribution in [0.4, 0.5) is 11.4 Å². The summed E-state index contributed by atoms with van der Waals surface area (Å²) in [6.45, 7) is 1.94. The van der Waals surface area contributed by atoms with E-state index in [9.17, 15) is 10.1 Å². The molecule has 0 saturated carbocycles. The number of nitro groups is 1. The zero-order valence-electron chi connectivity index (χ0n) is 11.2. The van der Waals surface area contributed by atoms with Gasteiger partial charge in [-0.2, -0.15) is 5.26 Å². The Kier molecular flexibility index (Phi) is 4.41. The highest BCUT2D eigenvalue weighted by Gasteiger charge is 2.13. The first kappa shape index (κ1) is 14.8. The highest BCUT2D eigenvalue weighted by Crippen LogP contribution is 2.26. The predicted molar refractivity (Wildman–Crippen MR) is 81.3 cm³/mol. The van der Waals surface area contributed by atoms with Gasteiger partial charge in [-0.1, -0.05) is 23.7 Å². The van der Waals surface area contributed by atoms with Gasteiger partial charge in [0.05, 0.1) is 16.2 Å². The first-order valence-corrected chi connectivity index (χ1v) is 6.59. The molecule has 0 heterocycles. The lowest BCUT2D eigenvalue weighted by atomic mass is 10.1. The van der Waals surface area contributed by atoms with Crippen LogP contribution in [0, 0.1) is 21.4 Å². The molecule has 0 spiro atoms. The summed E-state index contributed by atoms with van der Waals surface area (Å²) < 4.78 is 0. The predicted octanol–water partition coefficient (Wildman–Crippen LogP) is 4.29. The Morgan fingerprint density at radius 2 is 1.95 bits per heavy atom. The lowest BCUT2D eigenvalue weighted by Crippen LogP contribution is -2.08. The zero-order chi connectivity index (χ0) is 15.4. The van der Waals surface area contributed by atoms with Gasteiger partial charge in [0.2, 0.25) is 0 Å². The van der Waals surface area contributed by atoms with Crippen LogP contribution in [0.2, 0.25) is 5.02 Å². The van der Waals surface area contributed by atoms with E-state index in [0.29, 0.717) is 10.7 Å². The summed E-state index contributed by atoms with van der Waals surface area (Å²) in [7, 11) is 0. The topological polar surface area (TPSA) is 79.0 Å². The molecule has 2 rings (SSSR count). The molecule has 21 heavy (non-hydrogen) atoms. The van der Waals surface area contributed by atoms with Crippen molar-refractivity contribution in [3.8, 4) is 6.07 Å². The molecule has 2 aromatic carbocycles. The summed E-state index contributed by atoms with van der Waals surface area (Å²) in [6.07, 6.45) is 0. The Morgan fingerprint density at radius 3 is 2.52 bits per heavy atom. The van der Waals surface area contributed by atoms with E-state index in [4.69, 9.17) is 16.9 Å². The van der Waals surface area contributed by atoms with Gasteiger partial charge in [0.1, 0.15) is 6.07 Å². The van der Waals surface area contributed by atoms with Gasteiger partial charge in [-0.3, -0.25) is 10.1 Å². The summed E-state index contributed by atoms with van der Waals surface area (Å²) in [6, 6.07) is 13.4. The van der Waals surface area contributed by atoms with E-state index in [1.54, 1.807) is 18.2 Å². The number of anilines is 1. The number of hydrogen-bond donors (Lipinski definition) is 1. The molecular weight excluding hydrogens is 290 g/mol. The van der Waals surface area contributed by atoms with Gasteiger partial charge in [0.15, 0.2) is 0 Å². The highest BCUT2D eigenvalue weighted by atomic mass is 35.5. The van der Waals surface area contributed by atoms with E-state index < -0.39 is 4.92 Å². The standard InChI is InChI=1S/C15H12ClN3O2/c1-10(11-2-4-13(16)5-3-11)18-15-7-6-14(19(20)21)8-12(15)9-17/h2-8,10,18H,1H3/t10-/m1/s1. The van der Waals surface area contributed by atoms with E-state index in [-0.39, 0.29) is 17.3 Å². The molecule has 0 saturated heterocycles. The molecule has 106 valence electrons. The molecule has 0 amide bonds. The van der Waals surface area contributed by atoms with Gasteiger partial charge in [0.25, 0.3) is 5.69 Å². The van der Waals surface area contributed by atoms with Crippen molar-refractivity contribution >= 4 is 23.0 Å². The van der Waals surface area contributed by atoms with Crippen molar-refractivity contribution < 1.29 is 4.92 Å². The van der Waals surface area contributed by atoms with Gasteiger partial charge >= 0.3 is 0 Å². The molecule has 0 fully saturated rings. The van der Waals surface area contributed by atoms with E-state index in [1.807, 2.05) is 25.1 Å². The SMILES string of the molecule is C[C@@H](Nc1ccc([N+](=O)[O-])cc1C#N)c1ccc(Cl)cc1. The Morgan fingerprint density at radius 1 is 1.29 bits per heavy atom. The van der Waals surface area contributed by atoms with Crippen molar-refractivity contribution in [2.45, 2.75) is 13.0 Å². The number of hydrogen-bond acceptors (Lipinski definition) is 4. The van der Waals surface area contributed by atoms with Crippen LogP contribution in [0.5, 0.6) is 0 Å². The third-order valence-corrected chi connectivity index (χ3v) is 3.33. The first-order chi connectivity index (χ1) is 10.0. The Hall–Kier alpha value is -2.58. The number of benzene rings is 2. The summed E-state index contributed by atoms with van der Waals surface area (Å²) in [5, 5.41) is 23.7. The molecule has 0 bridgehead atoms. The minimum Gasteiger partial charge on any atom is -0.377 e. The first-order valence-electron chi connectivity index (χ1n) is 6.22. The Balaban J connectivity index is 2.25. The van der Waals surface area contributed by atoms with Crippen molar-refractivity contribution in [1.82, 2.24) is 0 Å². The second-order valence-corrected chi connectivity index (χ2v) is 4.95. The average molecular weight is 302 g/mol. The second kappa shape index (κ2) is 6.25. The number of nitro benzene ring substituents is 1. The molecule has 0 radical (unpaired) electrons. The van der Waals surface area contributed by atoms with Crippen molar-refractivity contribution in [1.29, 1.82) is 5.26 Å². The molecule has 0 aromatic heterocycles.